The second kappa shape index (κ2) is 7.66. The Labute approximate surface area is 145 Å². The topological polar surface area (TPSA) is 70.6 Å². The Bertz CT molecular complexity index is 629. The summed E-state index contributed by atoms with van der Waals surface area (Å²) in [6, 6.07) is 2.35. The minimum absolute atomic E-state index is 0.137. The first-order valence-electron chi connectivity index (χ1n) is 8.73. The van der Waals surface area contributed by atoms with E-state index in [0.29, 0.717) is 12.8 Å². The van der Waals surface area contributed by atoms with Gasteiger partial charge in [0.25, 0.3) is 5.91 Å². The zero-order valence-electron chi connectivity index (χ0n) is 14.2. The Hall–Kier alpha value is -1.73. The molecule has 0 spiro atoms. The van der Waals surface area contributed by atoms with Gasteiger partial charge in [0.1, 0.15) is 0 Å². The molecule has 1 aliphatic heterocycles. The molecule has 1 unspecified atom stereocenters. The van der Waals surface area contributed by atoms with E-state index in [2.05, 4.69) is 10.6 Å². The van der Waals surface area contributed by atoms with Gasteiger partial charge in [0, 0.05) is 6.04 Å². The number of nitrogens with one attached hydrogen (secondary N) is 2. The number of halogens is 2. The smallest absolute Gasteiger partial charge is 0.254 e. The van der Waals surface area contributed by atoms with Gasteiger partial charge in [-0.15, -0.1) is 0 Å². The van der Waals surface area contributed by atoms with Gasteiger partial charge in [0.2, 0.25) is 5.82 Å². The van der Waals surface area contributed by atoms with Crippen LogP contribution in [0, 0.1) is 23.5 Å². The van der Waals surface area contributed by atoms with Crippen molar-refractivity contribution in [3.63, 3.8) is 0 Å². The fourth-order valence-corrected chi connectivity index (χ4v) is 3.84. The Morgan fingerprint density at radius 1 is 1.24 bits per heavy atom. The highest BCUT2D eigenvalue weighted by Crippen LogP contribution is 2.36. The number of aliphatic hydroxyl groups is 1. The van der Waals surface area contributed by atoms with E-state index in [1.807, 2.05) is 0 Å². The molecule has 0 radical (unpaired) electrons. The van der Waals surface area contributed by atoms with E-state index in [0.717, 1.165) is 25.9 Å². The van der Waals surface area contributed by atoms with Crippen LogP contribution in [0.5, 0.6) is 5.75 Å². The molecule has 2 fully saturated rings. The van der Waals surface area contributed by atoms with Gasteiger partial charge in [-0.05, 0) is 62.7 Å². The highest BCUT2D eigenvalue weighted by atomic mass is 19.2. The van der Waals surface area contributed by atoms with Gasteiger partial charge in [-0.3, -0.25) is 4.79 Å². The van der Waals surface area contributed by atoms with Crippen molar-refractivity contribution in [1.82, 2.24) is 10.6 Å². The number of aliphatic hydroxyl groups excluding tert-OH is 1. The zero-order chi connectivity index (χ0) is 18.0. The number of methoxy groups -OCH3 is 1. The van der Waals surface area contributed by atoms with Crippen molar-refractivity contribution < 1.29 is 23.4 Å². The van der Waals surface area contributed by atoms with Gasteiger partial charge in [-0.25, -0.2) is 4.39 Å². The number of hydrogen-bond acceptors (Lipinski definition) is 4. The molecule has 1 aromatic rings. The fourth-order valence-electron chi connectivity index (χ4n) is 3.84. The minimum atomic E-state index is -1.20. The number of rotatable bonds is 5. The van der Waals surface area contributed by atoms with E-state index in [1.165, 1.54) is 19.2 Å². The van der Waals surface area contributed by atoms with Gasteiger partial charge in [-0.2, -0.15) is 4.39 Å². The SMILES string of the molecule is COc1ccc(C(=O)NC(C2CCNCC2)C2CC(O)C2)c(F)c1F. The number of hydrogen-bond donors (Lipinski definition) is 3. The molecule has 3 rings (SSSR count). The molecule has 1 saturated heterocycles. The number of benzene rings is 1. The highest BCUT2D eigenvalue weighted by Gasteiger charge is 2.39. The number of carbonyl (C=O) groups excluding carboxylic acids is 1. The summed E-state index contributed by atoms with van der Waals surface area (Å²) in [7, 11) is 1.24. The Kier molecular flexibility index (Phi) is 5.54. The van der Waals surface area contributed by atoms with Gasteiger partial charge >= 0.3 is 0 Å². The molecule has 138 valence electrons. The first kappa shape index (κ1) is 18.1. The second-order valence-corrected chi connectivity index (χ2v) is 6.92. The maximum absolute atomic E-state index is 14.2. The Morgan fingerprint density at radius 3 is 2.52 bits per heavy atom. The largest absolute Gasteiger partial charge is 0.494 e. The molecule has 5 nitrogen and oxygen atoms in total. The van der Waals surface area contributed by atoms with E-state index in [-0.39, 0.29) is 35.3 Å². The van der Waals surface area contributed by atoms with Crippen LogP contribution in [-0.4, -0.2) is 43.4 Å². The molecular formula is C18H24F2N2O3. The summed E-state index contributed by atoms with van der Waals surface area (Å²) in [4.78, 5) is 12.6. The van der Waals surface area contributed by atoms with Crippen LogP contribution >= 0.6 is 0 Å². The van der Waals surface area contributed by atoms with Crippen molar-refractivity contribution in [1.29, 1.82) is 0 Å². The third-order valence-electron chi connectivity index (χ3n) is 5.36. The molecule has 7 heteroatoms. The third-order valence-corrected chi connectivity index (χ3v) is 5.36. The Balaban J connectivity index is 1.77. The lowest BCUT2D eigenvalue weighted by Gasteiger charge is -2.43. The first-order chi connectivity index (χ1) is 12.0. The summed E-state index contributed by atoms with van der Waals surface area (Å²) in [5.74, 6) is -2.76. The van der Waals surface area contributed by atoms with E-state index < -0.39 is 17.5 Å². The predicted octanol–water partition coefficient (Wildman–Crippen LogP) is 1.84. The summed E-state index contributed by atoms with van der Waals surface area (Å²) in [5, 5.41) is 15.8. The molecule has 0 aromatic heterocycles. The normalized spacial score (nSPS) is 25.1. The van der Waals surface area contributed by atoms with Crippen LogP contribution in [0.25, 0.3) is 0 Å². The molecule has 1 heterocycles. The van der Waals surface area contributed by atoms with Crippen LogP contribution in [0.2, 0.25) is 0 Å². The van der Waals surface area contributed by atoms with Gasteiger partial charge < -0.3 is 20.5 Å². The predicted molar refractivity (Wildman–Crippen MR) is 88.5 cm³/mol. The number of carbonyl (C=O) groups is 1. The van der Waals surface area contributed by atoms with E-state index in [1.54, 1.807) is 0 Å². The quantitative estimate of drug-likeness (QED) is 0.755. The monoisotopic (exact) mass is 354 g/mol. The van der Waals surface area contributed by atoms with E-state index in [9.17, 15) is 18.7 Å². The molecule has 3 N–H and O–H groups in total. The van der Waals surface area contributed by atoms with Crippen molar-refractivity contribution >= 4 is 5.91 Å². The summed E-state index contributed by atoms with van der Waals surface area (Å²) >= 11 is 0. The van der Waals surface area contributed by atoms with Crippen molar-refractivity contribution in [2.45, 2.75) is 37.8 Å². The standard InChI is InChI=1S/C18H24F2N2O3/c1-25-14-3-2-13(15(19)16(14)20)18(24)22-17(11-8-12(23)9-11)10-4-6-21-7-5-10/h2-3,10-12,17,21,23H,4-9H2,1H3,(H,22,24). The van der Waals surface area contributed by atoms with Crippen LogP contribution in [0.15, 0.2) is 12.1 Å². The summed E-state index contributed by atoms with van der Waals surface area (Å²) in [6.45, 7) is 1.75. The van der Waals surface area contributed by atoms with E-state index >= 15 is 0 Å². The number of amides is 1. The van der Waals surface area contributed by atoms with Gasteiger partial charge in [0.15, 0.2) is 11.6 Å². The number of ether oxygens (including phenoxy) is 1. The average Bonchev–Trinajstić information content (AvgIpc) is 2.60. The Morgan fingerprint density at radius 2 is 1.92 bits per heavy atom. The van der Waals surface area contributed by atoms with Crippen molar-refractivity contribution in [2.24, 2.45) is 11.8 Å². The molecule has 25 heavy (non-hydrogen) atoms. The van der Waals surface area contributed by atoms with Gasteiger partial charge in [0.05, 0.1) is 18.8 Å². The molecule has 0 bridgehead atoms. The van der Waals surface area contributed by atoms with E-state index in [4.69, 9.17) is 4.74 Å². The first-order valence-corrected chi connectivity index (χ1v) is 8.73. The molecule has 1 aliphatic carbocycles. The molecule has 2 aliphatic rings. The fraction of sp³-hybridized carbons (Fsp3) is 0.611. The molecule has 1 saturated carbocycles. The lowest BCUT2D eigenvalue weighted by molar-refractivity contribution is 0.00913. The van der Waals surface area contributed by atoms with Crippen LogP contribution in [0.1, 0.15) is 36.0 Å². The average molecular weight is 354 g/mol. The molecule has 1 amide bonds. The van der Waals surface area contributed by atoms with Crippen LogP contribution in [0.4, 0.5) is 8.78 Å². The summed E-state index contributed by atoms with van der Waals surface area (Å²) in [6.07, 6.45) is 2.76. The zero-order valence-corrected chi connectivity index (χ0v) is 14.2. The molecule has 1 aromatic carbocycles. The van der Waals surface area contributed by atoms with Gasteiger partial charge in [-0.1, -0.05) is 0 Å². The van der Waals surface area contributed by atoms with Crippen LogP contribution < -0.4 is 15.4 Å². The summed E-state index contributed by atoms with van der Waals surface area (Å²) < 4.78 is 32.8. The van der Waals surface area contributed by atoms with Crippen LogP contribution in [0.3, 0.4) is 0 Å². The van der Waals surface area contributed by atoms with Crippen LogP contribution in [-0.2, 0) is 0 Å². The maximum Gasteiger partial charge on any atom is 0.254 e. The third kappa shape index (κ3) is 3.77. The minimum Gasteiger partial charge on any atom is -0.494 e. The molecular weight excluding hydrogens is 330 g/mol. The number of piperidine rings is 1. The highest BCUT2D eigenvalue weighted by molar-refractivity contribution is 5.94. The lowest BCUT2D eigenvalue weighted by Crippen LogP contribution is -2.53. The van der Waals surface area contributed by atoms with Crippen molar-refractivity contribution in [3.8, 4) is 5.75 Å². The maximum atomic E-state index is 14.2. The second-order valence-electron chi connectivity index (χ2n) is 6.92. The molecule has 1 atom stereocenters. The summed E-state index contributed by atoms with van der Waals surface area (Å²) in [5.41, 5.74) is -0.322. The lowest BCUT2D eigenvalue weighted by atomic mass is 9.71. The van der Waals surface area contributed by atoms with Crippen molar-refractivity contribution in [3.05, 3.63) is 29.3 Å². The van der Waals surface area contributed by atoms with Crippen molar-refractivity contribution in [2.75, 3.05) is 20.2 Å².